The summed E-state index contributed by atoms with van der Waals surface area (Å²) in [5, 5.41) is 14.2. The second-order valence-corrected chi connectivity index (χ2v) is 6.01. The molecule has 1 rings (SSSR count). The van der Waals surface area contributed by atoms with Gasteiger partial charge in [-0.25, -0.2) is 10.2 Å². The molecule has 25 heavy (non-hydrogen) atoms. The van der Waals surface area contributed by atoms with Gasteiger partial charge in [0.2, 0.25) is 11.8 Å². The van der Waals surface area contributed by atoms with E-state index < -0.39 is 17.1 Å². The molecule has 3 N–H and O–H groups in total. The third kappa shape index (κ3) is 6.21. The van der Waals surface area contributed by atoms with Crippen LogP contribution in [0.5, 0.6) is 5.88 Å². The lowest BCUT2D eigenvalue weighted by Crippen LogP contribution is -2.34. The van der Waals surface area contributed by atoms with E-state index in [9.17, 15) is 19.5 Å². The monoisotopic (exact) mass is 352 g/mol. The summed E-state index contributed by atoms with van der Waals surface area (Å²) in [6.07, 6.45) is 5.81. The van der Waals surface area contributed by atoms with Crippen molar-refractivity contribution in [2.24, 2.45) is 5.10 Å². The summed E-state index contributed by atoms with van der Waals surface area (Å²) in [6, 6.07) is 0. The van der Waals surface area contributed by atoms with Crippen LogP contribution in [0.4, 0.5) is 0 Å². The molecule has 8 nitrogen and oxygen atoms in total. The number of aromatic amines is 1. The Bertz CT molecular complexity index is 718. The summed E-state index contributed by atoms with van der Waals surface area (Å²) >= 11 is 0. The van der Waals surface area contributed by atoms with E-state index in [0.29, 0.717) is 19.4 Å². The van der Waals surface area contributed by atoms with Crippen LogP contribution in [0.2, 0.25) is 0 Å². The number of nitrogens with one attached hydrogen (secondary N) is 2. The number of carbonyl (C=O) groups excluding carboxylic acids is 1. The maximum atomic E-state index is 12.0. The summed E-state index contributed by atoms with van der Waals surface area (Å²) in [4.78, 5) is 37.7. The second kappa shape index (κ2) is 10.5. The van der Waals surface area contributed by atoms with E-state index in [1.165, 1.54) is 6.92 Å². The minimum absolute atomic E-state index is 0.109. The van der Waals surface area contributed by atoms with Crippen molar-refractivity contribution < 1.29 is 9.90 Å². The number of aromatic hydroxyl groups is 1. The fourth-order valence-electron chi connectivity index (χ4n) is 2.38. The van der Waals surface area contributed by atoms with E-state index in [2.05, 4.69) is 22.4 Å². The Balaban J connectivity index is 2.90. The first-order valence-corrected chi connectivity index (χ1v) is 8.81. The molecule has 1 aromatic rings. The van der Waals surface area contributed by atoms with Gasteiger partial charge in [-0.2, -0.15) is 5.10 Å². The minimum atomic E-state index is -0.728. The number of H-pyrrole nitrogens is 1. The molecular formula is C17H28N4O4. The number of hydrogen-bond donors (Lipinski definition) is 3. The lowest BCUT2D eigenvalue weighted by molar-refractivity contribution is -0.121. The van der Waals surface area contributed by atoms with Crippen LogP contribution in [0.1, 0.15) is 71.3 Å². The normalized spacial score (nSPS) is 11.6. The Morgan fingerprint density at radius 2 is 1.84 bits per heavy atom. The second-order valence-electron chi connectivity index (χ2n) is 6.01. The average Bonchev–Trinajstić information content (AvgIpc) is 2.56. The molecule has 0 aliphatic carbocycles. The molecule has 0 unspecified atom stereocenters. The predicted molar refractivity (Wildman–Crippen MR) is 97.0 cm³/mol. The summed E-state index contributed by atoms with van der Waals surface area (Å²) in [5.74, 6) is -0.675. The summed E-state index contributed by atoms with van der Waals surface area (Å²) in [5.41, 5.74) is 1.03. The van der Waals surface area contributed by atoms with E-state index >= 15 is 0 Å². The van der Waals surface area contributed by atoms with Crippen molar-refractivity contribution >= 4 is 11.6 Å². The van der Waals surface area contributed by atoms with Crippen molar-refractivity contribution in [1.29, 1.82) is 0 Å². The van der Waals surface area contributed by atoms with Crippen LogP contribution < -0.4 is 16.7 Å². The number of rotatable bonds is 10. The molecule has 140 valence electrons. The molecule has 1 heterocycles. The number of unbranched alkanes of at least 4 members (excludes halogenated alkanes) is 4. The highest BCUT2D eigenvalue weighted by molar-refractivity contribution is 6.00. The molecule has 0 aromatic carbocycles. The van der Waals surface area contributed by atoms with E-state index in [4.69, 9.17) is 0 Å². The first-order valence-electron chi connectivity index (χ1n) is 8.81. The standard InChI is InChI=1S/C17H28N4O4/c1-4-6-8-9-10-13(22)20-19-12(3)14-15(23)18-17(25)21(16(14)24)11-7-5-2/h24H,4-11H2,1-3H3,(H,20,22)(H,18,23,25)/b19-12+. The van der Waals surface area contributed by atoms with Crippen LogP contribution in [0.3, 0.4) is 0 Å². The molecule has 1 amide bonds. The van der Waals surface area contributed by atoms with Crippen molar-refractivity contribution in [1.82, 2.24) is 15.0 Å². The number of amides is 1. The molecule has 0 atom stereocenters. The molecule has 0 fully saturated rings. The zero-order valence-electron chi connectivity index (χ0n) is 15.2. The first-order chi connectivity index (χ1) is 11.9. The molecule has 8 heteroatoms. The molecule has 0 aliphatic heterocycles. The van der Waals surface area contributed by atoms with Gasteiger partial charge in [0.1, 0.15) is 5.56 Å². The highest BCUT2D eigenvalue weighted by atomic mass is 16.3. The van der Waals surface area contributed by atoms with E-state index in [1.54, 1.807) is 0 Å². The topological polar surface area (TPSA) is 117 Å². The third-order valence-corrected chi connectivity index (χ3v) is 3.87. The Morgan fingerprint density at radius 1 is 1.16 bits per heavy atom. The number of carbonyl (C=O) groups is 1. The van der Waals surface area contributed by atoms with Crippen LogP contribution in [0.25, 0.3) is 0 Å². The van der Waals surface area contributed by atoms with Crippen LogP contribution in [0.15, 0.2) is 14.7 Å². The quantitative estimate of drug-likeness (QED) is 0.338. The van der Waals surface area contributed by atoms with Gasteiger partial charge in [0.25, 0.3) is 5.56 Å². The molecular weight excluding hydrogens is 324 g/mol. The van der Waals surface area contributed by atoms with Crippen LogP contribution in [-0.4, -0.2) is 26.3 Å². The summed E-state index contributed by atoms with van der Waals surface area (Å²) in [7, 11) is 0. The molecule has 0 bridgehead atoms. The molecule has 0 spiro atoms. The van der Waals surface area contributed by atoms with Crippen LogP contribution >= 0.6 is 0 Å². The lowest BCUT2D eigenvalue weighted by atomic mass is 10.1. The zero-order valence-corrected chi connectivity index (χ0v) is 15.2. The van der Waals surface area contributed by atoms with Gasteiger partial charge in [0.05, 0.1) is 5.71 Å². The van der Waals surface area contributed by atoms with Crippen LogP contribution in [0, 0.1) is 0 Å². The SMILES string of the molecule is CCCCCCC(=O)N/N=C(\C)c1c(O)n(CCCC)c(=O)[nH]c1=O. The van der Waals surface area contributed by atoms with E-state index in [-0.39, 0.29) is 17.2 Å². The van der Waals surface area contributed by atoms with Gasteiger partial charge < -0.3 is 5.11 Å². The third-order valence-electron chi connectivity index (χ3n) is 3.87. The van der Waals surface area contributed by atoms with Gasteiger partial charge >= 0.3 is 5.69 Å². The number of aromatic nitrogens is 2. The largest absolute Gasteiger partial charge is 0.494 e. The van der Waals surface area contributed by atoms with Crippen molar-refractivity contribution in [3.8, 4) is 5.88 Å². The average molecular weight is 352 g/mol. The lowest BCUT2D eigenvalue weighted by Gasteiger charge is -2.10. The van der Waals surface area contributed by atoms with Crippen molar-refractivity contribution in [3.05, 3.63) is 26.4 Å². The number of hydrogen-bond acceptors (Lipinski definition) is 5. The highest BCUT2D eigenvalue weighted by Gasteiger charge is 2.16. The summed E-state index contributed by atoms with van der Waals surface area (Å²) < 4.78 is 1.10. The minimum Gasteiger partial charge on any atom is -0.494 e. The number of nitrogens with zero attached hydrogens (tertiary/aromatic N) is 2. The van der Waals surface area contributed by atoms with Gasteiger partial charge in [0.15, 0.2) is 0 Å². The highest BCUT2D eigenvalue weighted by Crippen LogP contribution is 2.12. The summed E-state index contributed by atoms with van der Waals surface area (Å²) in [6.45, 7) is 5.84. The Hall–Kier alpha value is -2.38. The molecule has 0 saturated carbocycles. The van der Waals surface area contributed by atoms with Crippen LogP contribution in [-0.2, 0) is 11.3 Å². The smallest absolute Gasteiger partial charge is 0.331 e. The number of hydrazone groups is 1. The van der Waals surface area contributed by atoms with Gasteiger partial charge in [-0.3, -0.25) is 19.1 Å². The maximum Gasteiger partial charge on any atom is 0.331 e. The first kappa shape index (κ1) is 20.7. The predicted octanol–water partition coefficient (Wildman–Crippen LogP) is 1.85. The molecule has 0 saturated heterocycles. The van der Waals surface area contributed by atoms with Gasteiger partial charge in [-0.1, -0.05) is 39.5 Å². The van der Waals surface area contributed by atoms with Crippen molar-refractivity contribution in [2.45, 2.75) is 72.3 Å². The van der Waals surface area contributed by atoms with Gasteiger partial charge in [-0.05, 0) is 19.8 Å². The molecule has 0 radical (unpaired) electrons. The van der Waals surface area contributed by atoms with E-state index in [1.807, 2.05) is 6.92 Å². The van der Waals surface area contributed by atoms with Crippen molar-refractivity contribution in [2.75, 3.05) is 0 Å². The van der Waals surface area contributed by atoms with Gasteiger partial charge in [-0.15, -0.1) is 0 Å². The molecule has 1 aromatic heterocycles. The van der Waals surface area contributed by atoms with Gasteiger partial charge in [0, 0.05) is 13.0 Å². The fourth-order valence-corrected chi connectivity index (χ4v) is 2.38. The Morgan fingerprint density at radius 3 is 2.48 bits per heavy atom. The van der Waals surface area contributed by atoms with E-state index in [0.717, 1.165) is 36.7 Å². The maximum absolute atomic E-state index is 12.0. The zero-order chi connectivity index (χ0) is 18.8. The van der Waals surface area contributed by atoms with Crippen molar-refractivity contribution in [3.63, 3.8) is 0 Å². The Kier molecular flexibility index (Phi) is 8.66. The molecule has 0 aliphatic rings. The fraction of sp³-hybridized carbons (Fsp3) is 0.647. The Labute approximate surface area is 147 Å².